The maximum atomic E-state index is 12.8. The highest BCUT2D eigenvalue weighted by Crippen LogP contribution is 2.35. The number of rotatable bonds is 1. The van der Waals surface area contributed by atoms with Crippen LogP contribution in [-0.2, 0) is 4.79 Å². The summed E-state index contributed by atoms with van der Waals surface area (Å²) in [6, 6.07) is -1.12. The van der Waals surface area contributed by atoms with Crippen molar-refractivity contribution in [2.75, 3.05) is 0 Å². The molecular weight excluding hydrogens is 152 g/mol. The molecule has 0 aromatic rings. The van der Waals surface area contributed by atoms with Crippen LogP contribution in [0, 0.1) is 0 Å². The molecule has 0 aromatic heterocycles. The quantitative estimate of drug-likeness (QED) is 0.426. The van der Waals surface area contributed by atoms with Crippen LogP contribution in [0.4, 0.5) is 8.78 Å². The maximum absolute atomic E-state index is 12.8. The molecule has 1 saturated carbocycles. The van der Waals surface area contributed by atoms with Gasteiger partial charge in [0.2, 0.25) is 6.08 Å². The number of aliphatic imine (C=N–C) groups is 1. The van der Waals surface area contributed by atoms with Crippen molar-refractivity contribution in [2.45, 2.75) is 37.6 Å². The van der Waals surface area contributed by atoms with Gasteiger partial charge in [-0.15, -0.1) is 0 Å². The molecular formula is C7H9F2NO. The van der Waals surface area contributed by atoms with E-state index in [0.29, 0.717) is 12.8 Å². The zero-order valence-electron chi connectivity index (χ0n) is 6.02. The highest BCUT2D eigenvalue weighted by molar-refractivity contribution is 5.34. The van der Waals surface area contributed by atoms with Gasteiger partial charge in [0.1, 0.15) is 6.04 Å². The van der Waals surface area contributed by atoms with Gasteiger partial charge in [-0.25, -0.2) is 13.6 Å². The van der Waals surface area contributed by atoms with Crippen molar-refractivity contribution in [3.63, 3.8) is 0 Å². The molecule has 62 valence electrons. The lowest BCUT2D eigenvalue weighted by Gasteiger charge is -2.26. The Morgan fingerprint density at radius 2 is 2.18 bits per heavy atom. The third-order valence-corrected chi connectivity index (χ3v) is 1.93. The average molecular weight is 161 g/mol. The van der Waals surface area contributed by atoms with Gasteiger partial charge in [-0.05, 0) is 12.8 Å². The van der Waals surface area contributed by atoms with Crippen LogP contribution in [0.1, 0.15) is 25.7 Å². The van der Waals surface area contributed by atoms with Crippen LogP contribution in [0.25, 0.3) is 0 Å². The minimum Gasteiger partial charge on any atom is -0.211 e. The van der Waals surface area contributed by atoms with E-state index in [-0.39, 0.29) is 6.42 Å². The largest absolute Gasteiger partial charge is 0.270 e. The number of hydrogen-bond donors (Lipinski definition) is 0. The van der Waals surface area contributed by atoms with E-state index in [0.717, 1.165) is 6.42 Å². The first-order chi connectivity index (χ1) is 5.17. The molecule has 0 bridgehead atoms. The van der Waals surface area contributed by atoms with E-state index >= 15 is 0 Å². The number of nitrogens with zero attached hydrogens (tertiary/aromatic N) is 1. The summed E-state index contributed by atoms with van der Waals surface area (Å²) in [6.45, 7) is 0. The zero-order valence-corrected chi connectivity index (χ0v) is 6.02. The molecule has 2 nitrogen and oxygen atoms in total. The monoisotopic (exact) mass is 161 g/mol. The Kier molecular flexibility index (Phi) is 2.35. The highest BCUT2D eigenvalue weighted by atomic mass is 19.3. The second-order valence-electron chi connectivity index (χ2n) is 2.74. The van der Waals surface area contributed by atoms with Crippen molar-refractivity contribution in [2.24, 2.45) is 4.99 Å². The summed E-state index contributed by atoms with van der Waals surface area (Å²) >= 11 is 0. The van der Waals surface area contributed by atoms with E-state index in [1.54, 1.807) is 0 Å². The standard InChI is InChI=1S/C7H9F2NO/c8-7(9)4-2-1-3-6(7)10-5-11/h6H,1-4H2. The van der Waals surface area contributed by atoms with Crippen LogP contribution in [0.15, 0.2) is 4.99 Å². The first kappa shape index (κ1) is 8.34. The van der Waals surface area contributed by atoms with Crippen LogP contribution < -0.4 is 0 Å². The summed E-state index contributed by atoms with van der Waals surface area (Å²) in [6.07, 6.45) is 2.60. The van der Waals surface area contributed by atoms with Gasteiger partial charge in [-0.1, -0.05) is 6.42 Å². The molecule has 0 aromatic carbocycles. The van der Waals surface area contributed by atoms with Crippen LogP contribution in [0.2, 0.25) is 0 Å². The Morgan fingerprint density at radius 1 is 1.45 bits per heavy atom. The number of halogens is 2. The Morgan fingerprint density at radius 3 is 2.73 bits per heavy atom. The van der Waals surface area contributed by atoms with Crippen LogP contribution in [-0.4, -0.2) is 18.0 Å². The number of alkyl halides is 2. The van der Waals surface area contributed by atoms with Crippen molar-refractivity contribution in [1.29, 1.82) is 0 Å². The normalized spacial score (nSPS) is 29.1. The van der Waals surface area contributed by atoms with Crippen LogP contribution in [0.3, 0.4) is 0 Å². The topological polar surface area (TPSA) is 29.4 Å². The van der Waals surface area contributed by atoms with Gasteiger partial charge >= 0.3 is 0 Å². The van der Waals surface area contributed by atoms with E-state index in [4.69, 9.17) is 0 Å². The molecule has 0 saturated heterocycles. The second-order valence-corrected chi connectivity index (χ2v) is 2.74. The van der Waals surface area contributed by atoms with Crippen molar-refractivity contribution in [1.82, 2.24) is 0 Å². The summed E-state index contributed by atoms with van der Waals surface area (Å²) in [5.41, 5.74) is 0. The molecule has 1 fully saturated rings. The van der Waals surface area contributed by atoms with Crippen molar-refractivity contribution >= 4 is 6.08 Å². The van der Waals surface area contributed by atoms with Crippen molar-refractivity contribution < 1.29 is 13.6 Å². The molecule has 11 heavy (non-hydrogen) atoms. The summed E-state index contributed by atoms with van der Waals surface area (Å²) < 4.78 is 25.6. The van der Waals surface area contributed by atoms with E-state index < -0.39 is 12.0 Å². The molecule has 4 heteroatoms. The van der Waals surface area contributed by atoms with Crippen LogP contribution >= 0.6 is 0 Å². The smallest absolute Gasteiger partial charge is 0.211 e. The predicted molar refractivity (Wildman–Crippen MR) is 35.3 cm³/mol. The lowest BCUT2D eigenvalue weighted by molar-refractivity contribution is -0.0506. The van der Waals surface area contributed by atoms with E-state index in [2.05, 4.69) is 4.99 Å². The van der Waals surface area contributed by atoms with Crippen molar-refractivity contribution in [3.05, 3.63) is 0 Å². The minimum atomic E-state index is -2.78. The van der Waals surface area contributed by atoms with E-state index in [1.807, 2.05) is 0 Å². The molecule has 0 amide bonds. The van der Waals surface area contributed by atoms with E-state index in [1.165, 1.54) is 6.08 Å². The maximum Gasteiger partial charge on any atom is 0.270 e. The van der Waals surface area contributed by atoms with Gasteiger partial charge in [0.05, 0.1) is 0 Å². The molecule has 0 spiro atoms. The number of carbonyl (C=O) groups excluding carboxylic acids is 1. The first-order valence-corrected chi connectivity index (χ1v) is 3.61. The van der Waals surface area contributed by atoms with Gasteiger partial charge in [0.25, 0.3) is 5.92 Å². The molecule has 0 N–H and O–H groups in total. The Labute approximate surface area is 63.3 Å². The highest BCUT2D eigenvalue weighted by Gasteiger charge is 2.41. The van der Waals surface area contributed by atoms with Gasteiger partial charge in [-0.3, -0.25) is 0 Å². The summed E-state index contributed by atoms with van der Waals surface area (Å²) in [7, 11) is 0. The third-order valence-electron chi connectivity index (χ3n) is 1.93. The molecule has 1 aliphatic carbocycles. The van der Waals surface area contributed by atoms with Gasteiger partial charge in [-0.2, -0.15) is 4.99 Å². The van der Waals surface area contributed by atoms with Gasteiger partial charge in [0, 0.05) is 6.42 Å². The zero-order chi connectivity index (χ0) is 8.32. The lowest BCUT2D eigenvalue weighted by Crippen LogP contribution is -2.35. The molecule has 1 aliphatic rings. The number of hydrogen-bond acceptors (Lipinski definition) is 2. The Bertz CT molecular complexity index is 187. The fraction of sp³-hybridized carbons (Fsp3) is 0.857. The molecule has 1 unspecified atom stereocenters. The van der Waals surface area contributed by atoms with Crippen molar-refractivity contribution in [3.8, 4) is 0 Å². The fourth-order valence-electron chi connectivity index (χ4n) is 1.30. The molecule has 1 rings (SSSR count). The SMILES string of the molecule is O=C=NC1CCCCC1(F)F. The average Bonchev–Trinajstić information content (AvgIpc) is 1.94. The van der Waals surface area contributed by atoms with Gasteiger partial charge < -0.3 is 0 Å². The Hall–Kier alpha value is -0.760. The van der Waals surface area contributed by atoms with E-state index in [9.17, 15) is 13.6 Å². The minimum absolute atomic E-state index is 0.150. The van der Waals surface area contributed by atoms with Crippen LogP contribution in [0.5, 0.6) is 0 Å². The predicted octanol–water partition coefficient (Wildman–Crippen LogP) is 1.90. The van der Waals surface area contributed by atoms with Gasteiger partial charge in [0.15, 0.2) is 0 Å². The number of isocyanates is 1. The first-order valence-electron chi connectivity index (χ1n) is 3.61. The molecule has 0 heterocycles. The molecule has 0 radical (unpaired) electrons. The molecule has 1 atom stereocenters. The lowest BCUT2D eigenvalue weighted by atomic mass is 9.92. The summed E-state index contributed by atoms with van der Waals surface area (Å²) in [5.74, 6) is -2.78. The Balaban J connectivity index is 2.66. The summed E-state index contributed by atoms with van der Waals surface area (Å²) in [4.78, 5) is 12.8. The summed E-state index contributed by atoms with van der Waals surface area (Å²) in [5, 5.41) is 0. The fourth-order valence-corrected chi connectivity index (χ4v) is 1.30. The second kappa shape index (κ2) is 3.09. The third kappa shape index (κ3) is 1.84. The molecule has 0 aliphatic heterocycles.